The number of carboxylic acid groups (broad SMARTS) is 1. The number of hydrogen-bond donors (Lipinski definition) is 1. The minimum absolute atomic E-state index is 0.159. The number of ketones is 1. The van der Waals surface area contributed by atoms with Crippen molar-refractivity contribution in [1.82, 2.24) is 4.40 Å². The topological polar surface area (TPSA) is 58.8 Å². The minimum Gasteiger partial charge on any atom is -0.478 e. The molecule has 0 aliphatic carbocycles. The largest absolute Gasteiger partial charge is 0.478 e. The molecule has 0 aliphatic rings. The van der Waals surface area contributed by atoms with Crippen LogP contribution in [-0.2, 0) is 0 Å². The van der Waals surface area contributed by atoms with Gasteiger partial charge in [-0.2, -0.15) is 0 Å². The number of carbonyl (C=O) groups excluding carboxylic acids is 1. The molecule has 0 aliphatic heterocycles. The normalized spacial score (nSPS) is 10.9. The average Bonchev–Trinajstić information content (AvgIpc) is 3.07. The summed E-state index contributed by atoms with van der Waals surface area (Å²) in [7, 11) is 0. The zero-order valence-corrected chi connectivity index (χ0v) is 14.9. The first kappa shape index (κ1) is 17.1. The molecule has 132 valence electrons. The monoisotopic (exact) mass is 375 g/mol. The highest BCUT2D eigenvalue weighted by molar-refractivity contribution is 6.30. The van der Waals surface area contributed by atoms with Gasteiger partial charge in [-0.15, -0.1) is 0 Å². The van der Waals surface area contributed by atoms with Gasteiger partial charge >= 0.3 is 5.97 Å². The van der Waals surface area contributed by atoms with E-state index < -0.39 is 5.97 Å². The lowest BCUT2D eigenvalue weighted by atomic mass is 10.0. The summed E-state index contributed by atoms with van der Waals surface area (Å²) in [5.41, 5.74) is 3.44. The zero-order valence-electron chi connectivity index (χ0n) is 14.1. The first-order valence-electron chi connectivity index (χ1n) is 8.29. The van der Waals surface area contributed by atoms with Gasteiger partial charge in [-0.3, -0.25) is 4.79 Å². The van der Waals surface area contributed by atoms with Crippen LogP contribution in [0.3, 0.4) is 0 Å². The Kier molecular flexibility index (Phi) is 4.26. The molecule has 4 nitrogen and oxygen atoms in total. The summed E-state index contributed by atoms with van der Waals surface area (Å²) in [5, 5.41) is 9.82. The van der Waals surface area contributed by atoms with E-state index in [0.717, 1.165) is 11.1 Å². The van der Waals surface area contributed by atoms with E-state index in [2.05, 4.69) is 0 Å². The Bertz CT molecular complexity index is 1160. The number of rotatable bonds is 4. The lowest BCUT2D eigenvalue weighted by Gasteiger charge is -2.07. The first-order chi connectivity index (χ1) is 13.0. The Morgan fingerprint density at radius 3 is 2.22 bits per heavy atom. The lowest BCUT2D eigenvalue weighted by molar-refractivity contribution is 0.0696. The number of hydrogen-bond acceptors (Lipinski definition) is 2. The summed E-state index contributed by atoms with van der Waals surface area (Å²) in [4.78, 5) is 24.6. The van der Waals surface area contributed by atoms with Gasteiger partial charge in [0.1, 0.15) is 5.69 Å². The fraction of sp³-hybridized carbons (Fsp3) is 0. The van der Waals surface area contributed by atoms with Crippen LogP contribution in [0, 0.1) is 0 Å². The predicted octanol–water partition coefficient (Wildman–Crippen LogP) is 5.19. The van der Waals surface area contributed by atoms with E-state index in [1.54, 1.807) is 40.9 Å². The van der Waals surface area contributed by atoms with Crippen LogP contribution in [0.25, 0.3) is 16.6 Å². The molecule has 0 saturated heterocycles. The Balaban J connectivity index is 1.97. The van der Waals surface area contributed by atoms with Gasteiger partial charge in [0.05, 0.1) is 5.56 Å². The lowest BCUT2D eigenvalue weighted by Crippen LogP contribution is -2.07. The smallest absolute Gasteiger partial charge is 0.335 e. The number of carboxylic acids is 1. The zero-order chi connectivity index (χ0) is 19.0. The number of benzene rings is 2. The van der Waals surface area contributed by atoms with Gasteiger partial charge in [-0.25, -0.2) is 4.79 Å². The van der Waals surface area contributed by atoms with Crippen molar-refractivity contribution in [3.8, 4) is 11.1 Å². The van der Waals surface area contributed by atoms with Gasteiger partial charge in [-0.05, 0) is 48.0 Å². The SMILES string of the molecule is O=C(O)c1ccn2c(C(=O)c3ccc(Cl)cc3)c(-c3ccccc3)cc2c1. The number of pyridine rings is 1. The highest BCUT2D eigenvalue weighted by atomic mass is 35.5. The summed E-state index contributed by atoms with van der Waals surface area (Å²) >= 11 is 5.94. The quantitative estimate of drug-likeness (QED) is 0.499. The van der Waals surface area contributed by atoms with Crippen LogP contribution in [0.5, 0.6) is 0 Å². The second kappa shape index (κ2) is 6.74. The van der Waals surface area contributed by atoms with Crippen molar-refractivity contribution in [2.24, 2.45) is 0 Å². The van der Waals surface area contributed by atoms with Gasteiger partial charge < -0.3 is 9.51 Å². The first-order valence-corrected chi connectivity index (χ1v) is 8.66. The molecule has 1 N–H and O–H groups in total. The number of carbonyl (C=O) groups is 2. The molecule has 0 spiro atoms. The van der Waals surface area contributed by atoms with E-state index in [1.807, 2.05) is 36.4 Å². The molecule has 0 bridgehead atoms. The molecule has 4 aromatic rings. The summed E-state index contributed by atoms with van der Waals surface area (Å²) in [6, 6.07) is 21.2. The van der Waals surface area contributed by atoms with E-state index in [0.29, 0.717) is 21.8 Å². The summed E-state index contributed by atoms with van der Waals surface area (Å²) in [6.07, 6.45) is 1.62. The highest BCUT2D eigenvalue weighted by Gasteiger charge is 2.21. The summed E-state index contributed by atoms with van der Waals surface area (Å²) < 4.78 is 1.73. The van der Waals surface area contributed by atoms with Crippen molar-refractivity contribution in [2.75, 3.05) is 0 Å². The Labute approximate surface area is 160 Å². The van der Waals surface area contributed by atoms with Crippen LogP contribution in [-0.4, -0.2) is 21.3 Å². The van der Waals surface area contributed by atoms with Gasteiger partial charge in [0.15, 0.2) is 0 Å². The third-order valence-corrected chi connectivity index (χ3v) is 4.68. The maximum atomic E-state index is 13.3. The van der Waals surface area contributed by atoms with Crippen molar-refractivity contribution in [2.45, 2.75) is 0 Å². The molecule has 0 radical (unpaired) electrons. The number of aromatic carboxylic acids is 1. The molecule has 2 heterocycles. The third-order valence-electron chi connectivity index (χ3n) is 4.43. The van der Waals surface area contributed by atoms with Crippen LogP contribution in [0.15, 0.2) is 79.0 Å². The van der Waals surface area contributed by atoms with Crippen molar-refractivity contribution in [3.05, 3.63) is 101 Å². The fourth-order valence-corrected chi connectivity index (χ4v) is 3.25. The third kappa shape index (κ3) is 3.11. The van der Waals surface area contributed by atoms with Gasteiger partial charge in [-0.1, -0.05) is 41.9 Å². The maximum absolute atomic E-state index is 13.3. The van der Waals surface area contributed by atoms with Crippen LogP contribution < -0.4 is 0 Å². The molecular weight excluding hydrogens is 362 g/mol. The molecule has 0 saturated carbocycles. The molecule has 0 amide bonds. The molecule has 2 aromatic carbocycles. The number of aromatic nitrogens is 1. The van der Waals surface area contributed by atoms with Crippen molar-refractivity contribution in [3.63, 3.8) is 0 Å². The average molecular weight is 376 g/mol. The molecule has 2 aromatic heterocycles. The summed E-state index contributed by atoms with van der Waals surface area (Å²) in [6.45, 7) is 0. The van der Waals surface area contributed by atoms with E-state index in [-0.39, 0.29) is 11.3 Å². The Morgan fingerprint density at radius 2 is 1.56 bits per heavy atom. The van der Waals surface area contributed by atoms with E-state index in [1.165, 1.54) is 6.07 Å². The van der Waals surface area contributed by atoms with E-state index >= 15 is 0 Å². The fourth-order valence-electron chi connectivity index (χ4n) is 3.12. The van der Waals surface area contributed by atoms with Crippen LogP contribution >= 0.6 is 11.6 Å². The van der Waals surface area contributed by atoms with Crippen molar-refractivity contribution < 1.29 is 14.7 Å². The molecule has 27 heavy (non-hydrogen) atoms. The van der Waals surface area contributed by atoms with Crippen LogP contribution in [0.2, 0.25) is 5.02 Å². The second-order valence-corrected chi connectivity index (χ2v) is 6.56. The standard InChI is InChI=1S/C22H14ClNO3/c23-17-8-6-15(7-9-17)21(25)20-19(14-4-2-1-3-5-14)13-18-12-16(22(26)27)10-11-24(18)20/h1-13H,(H,26,27). The van der Waals surface area contributed by atoms with Crippen molar-refractivity contribution in [1.29, 1.82) is 0 Å². The number of halogens is 1. The van der Waals surface area contributed by atoms with Gasteiger partial charge in [0.2, 0.25) is 5.78 Å². The molecule has 0 atom stereocenters. The molecule has 4 rings (SSSR count). The Hall–Kier alpha value is -3.37. The maximum Gasteiger partial charge on any atom is 0.335 e. The Morgan fingerprint density at radius 1 is 0.852 bits per heavy atom. The molecule has 0 fully saturated rings. The minimum atomic E-state index is -1.01. The number of nitrogens with zero attached hydrogens (tertiary/aromatic N) is 1. The number of fused-ring (bicyclic) bond motifs is 1. The molecular formula is C22H14ClNO3. The summed E-state index contributed by atoms with van der Waals surface area (Å²) in [5.74, 6) is -1.17. The van der Waals surface area contributed by atoms with Crippen molar-refractivity contribution >= 4 is 28.9 Å². The van der Waals surface area contributed by atoms with Crippen LogP contribution in [0.4, 0.5) is 0 Å². The van der Waals surface area contributed by atoms with Crippen LogP contribution in [0.1, 0.15) is 26.4 Å². The van der Waals surface area contributed by atoms with E-state index in [4.69, 9.17) is 11.6 Å². The second-order valence-electron chi connectivity index (χ2n) is 6.12. The van der Waals surface area contributed by atoms with Gasteiger partial charge in [0, 0.05) is 27.9 Å². The molecule has 0 unspecified atom stereocenters. The molecule has 5 heteroatoms. The van der Waals surface area contributed by atoms with E-state index in [9.17, 15) is 14.7 Å². The predicted molar refractivity (Wildman–Crippen MR) is 105 cm³/mol. The van der Waals surface area contributed by atoms with Gasteiger partial charge in [0.25, 0.3) is 0 Å². The highest BCUT2D eigenvalue weighted by Crippen LogP contribution is 2.30.